The fraction of sp³-hybridized carbons (Fsp3) is 0.625. The Morgan fingerprint density at radius 1 is 1.26 bits per heavy atom. The maximum Gasteiger partial charge on any atom is 0.123 e. The lowest BCUT2D eigenvalue weighted by Crippen LogP contribution is -2.29. The SMILES string of the molecule is CC1(C)CCC(OCC(N)c2ccc(F)cc2)CC1. The van der Waals surface area contributed by atoms with E-state index in [1.54, 1.807) is 12.1 Å². The fourth-order valence-corrected chi connectivity index (χ4v) is 2.59. The third-order valence-corrected chi connectivity index (χ3v) is 4.10. The van der Waals surface area contributed by atoms with Crippen molar-refractivity contribution in [3.8, 4) is 0 Å². The Kier molecular flexibility index (Phi) is 4.58. The molecule has 19 heavy (non-hydrogen) atoms. The van der Waals surface area contributed by atoms with E-state index in [0.717, 1.165) is 18.4 Å². The molecule has 0 heterocycles. The van der Waals surface area contributed by atoms with Crippen LogP contribution in [0.1, 0.15) is 51.1 Å². The smallest absolute Gasteiger partial charge is 0.123 e. The van der Waals surface area contributed by atoms with E-state index in [1.165, 1.54) is 25.0 Å². The van der Waals surface area contributed by atoms with E-state index < -0.39 is 0 Å². The van der Waals surface area contributed by atoms with E-state index >= 15 is 0 Å². The summed E-state index contributed by atoms with van der Waals surface area (Å²) in [5.41, 5.74) is 7.45. The standard InChI is InChI=1S/C16H24FNO/c1-16(2)9-7-14(8-10-16)19-11-15(18)12-3-5-13(17)6-4-12/h3-6,14-15H,7-11,18H2,1-2H3. The molecular weight excluding hydrogens is 241 g/mol. The highest BCUT2D eigenvalue weighted by molar-refractivity contribution is 5.19. The first-order chi connectivity index (χ1) is 8.96. The van der Waals surface area contributed by atoms with Crippen molar-refractivity contribution in [2.24, 2.45) is 11.1 Å². The molecule has 2 rings (SSSR count). The second kappa shape index (κ2) is 6.02. The molecule has 0 aliphatic heterocycles. The van der Waals surface area contributed by atoms with Crippen molar-refractivity contribution in [1.29, 1.82) is 0 Å². The number of rotatable bonds is 4. The van der Waals surface area contributed by atoms with Crippen LogP contribution in [0.2, 0.25) is 0 Å². The van der Waals surface area contributed by atoms with Gasteiger partial charge in [-0.2, -0.15) is 0 Å². The zero-order valence-corrected chi connectivity index (χ0v) is 11.9. The van der Waals surface area contributed by atoms with E-state index in [-0.39, 0.29) is 11.9 Å². The van der Waals surface area contributed by atoms with Gasteiger partial charge in [-0.15, -0.1) is 0 Å². The topological polar surface area (TPSA) is 35.2 Å². The van der Waals surface area contributed by atoms with Crippen molar-refractivity contribution in [2.75, 3.05) is 6.61 Å². The van der Waals surface area contributed by atoms with Crippen LogP contribution in [0.5, 0.6) is 0 Å². The second-order valence-corrected chi connectivity index (χ2v) is 6.35. The van der Waals surface area contributed by atoms with Crippen LogP contribution in [-0.2, 0) is 4.74 Å². The number of hydrogen-bond donors (Lipinski definition) is 1. The van der Waals surface area contributed by atoms with Gasteiger partial charge in [0.15, 0.2) is 0 Å². The van der Waals surface area contributed by atoms with E-state index in [2.05, 4.69) is 13.8 Å². The van der Waals surface area contributed by atoms with Crippen LogP contribution >= 0.6 is 0 Å². The Balaban J connectivity index is 1.78. The maximum absolute atomic E-state index is 12.8. The predicted octanol–water partition coefficient (Wildman–Crippen LogP) is 3.81. The first kappa shape index (κ1) is 14.5. The molecule has 1 aromatic rings. The van der Waals surface area contributed by atoms with E-state index in [9.17, 15) is 4.39 Å². The van der Waals surface area contributed by atoms with Crippen LogP contribution in [0.3, 0.4) is 0 Å². The van der Waals surface area contributed by atoms with Gasteiger partial charge in [-0.05, 0) is 48.8 Å². The molecule has 1 aliphatic carbocycles. The minimum absolute atomic E-state index is 0.171. The van der Waals surface area contributed by atoms with Gasteiger partial charge < -0.3 is 10.5 Å². The molecule has 0 saturated heterocycles. The van der Waals surface area contributed by atoms with E-state index in [0.29, 0.717) is 18.1 Å². The summed E-state index contributed by atoms with van der Waals surface area (Å²) in [6.07, 6.45) is 4.98. The maximum atomic E-state index is 12.8. The summed E-state index contributed by atoms with van der Waals surface area (Å²) in [5, 5.41) is 0. The highest BCUT2D eigenvalue weighted by atomic mass is 19.1. The molecular formula is C16H24FNO. The first-order valence-corrected chi connectivity index (χ1v) is 7.09. The number of halogens is 1. The lowest BCUT2D eigenvalue weighted by molar-refractivity contribution is -0.00185. The highest BCUT2D eigenvalue weighted by Crippen LogP contribution is 2.36. The third-order valence-electron chi connectivity index (χ3n) is 4.10. The van der Waals surface area contributed by atoms with Gasteiger partial charge in [-0.25, -0.2) is 4.39 Å². The lowest BCUT2D eigenvalue weighted by atomic mass is 9.76. The van der Waals surface area contributed by atoms with E-state index in [4.69, 9.17) is 10.5 Å². The minimum atomic E-state index is -0.230. The molecule has 1 saturated carbocycles. The highest BCUT2D eigenvalue weighted by Gasteiger charge is 2.27. The molecule has 0 amide bonds. The van der Waals surface area contributed by atoms with Gasteiger partial charge in [0.1, 0.15) is 5.82 Å². The molecule has 1 unspecified atom stereocenters. The molecule has 1 aromatic carbocycles. The van der Waals surface area contributed by atoms with Gasteiger partial charge in [-0.3, -0.25) is 0 Å². The molecule has 1 atom stereocenters. The second-order valence-electron chi connectivity index (χ2n) is 6.35. The van der Waals surface area contributed by atoms with Crippen molar-refractivity contribution < 1.29 is 9.13 Å². The Bertz CT molecular complexity index is 392. The van der Waals surface area contributed by atoms with Crippen LogP contribution < -0.4 is 5.73 Å². The normalized spacial score (nSPS) is 21.3. The summed E-state index contributed by atoms with van der Waals surface area (Å²) in [7, 11) is 0. The molecule has 0 spiro atoms. The summed E-state index contributed by atoms with van der Waals surface area (Å²) in [4.78, 5) is 0. The van der Waals surface area contributed by atoms with Gasteiger partial charge in [0.05, 0.1) is 18.8 Å². The van der Waals surface area contributed by atoms with Gasteiger partial charge >= 0.3 is 0 Å². The molecule has 0 radical (unpaired) electrons. The minimum Gasteiger partial charge on any atom is -0.376 e. The number of hydrogen-bond acceptors (Lipinski definition) is 2. The largest absolute Gasteiger partial charge is 0.376 e. The summed E-state index contributed by atoms with van der Waals surface area (Å²) in [5.74, 6) is -0.230. The van der Waals surface area contributed by atoms with Crippen molar-refractivity contribution in [1.82, 2.24) is 0 Å². The van der Waals surface area contributed by atoms with Crippen LogP contribution in [0.4, 0.5) is 4.39 Å². The zero-order chi connectivity index (χ0) is 13.9. The predicted molar refractivity (Wildman–Crippen MR) is 75.3 cm³/mol. The molecule has 1 aliphatic rings. The Morgan fingerprint density at radius 3 is 2.42 bits per heavy atom. The average Bonchev–Trinajstić information content (AvgIpc) is 2.38. The molecule has 0 aromatic heterocycles. The van der Waals surface area contributed by atoms with Crippen molar-refractivity contribution in [3.05, 3.63) is 35.6 Å². The van der Waals surface area contributed by atoms with Gasteiger partial charge in [0.2, 0.25) is 0 Å². The molecule has 0 bridgehead atoms. The fourth-order valence-electron chi connectivity index (χ4n) is 2.59. The molecule has 106 valence electrons. The van der Waals surface area contributed by atoms with Crippen LogP contribution in [0, 0.1) is 11.2 Å². The first-order valence-electron chi connectivity index (χ1n) is 7.09. The Hall–Kier alpha value is -0.930. The average molecular weight is 265 g/mol. The quantitative estimate of drug-likeness (QED) is 0.898. The lowest BCUT2D eigenvalue weighted by Gasteiger charge is -2.34. The van der Waals surface area contributed by atoms with Crippen LogP contribution in [0.25, 0.3) is 0 Å². The van der Waals surface area contributed by atoms with Crippen LogP contribution in [-0.4, -0.2) is 12.7 Å². The molecule has 1 fully saturated rings. The summed E-state index contributed by atoms with van der Waals surface area (Å²) in [6, 6.07) is 6.17. The van der Waals surface area contributed by atoms with Crippen molar-refractivity contribution in [3.63, 3.8) is 0 Å². The zero-order valence-electron chi connectivity index (χ0n) is 11.9. The monoisotopic (exact) mass is 265 g/mol. The summed E-state index contributed by atoms with van der Waals surface area (Å²) in [6.45, 7) is 5.14. The molecule has 2 nitrogen and oxygen atoms in total. The van der Waals surface area contributed by atoms with Crippen molar-refractivity contribution >= 4 is 0 Å². The number of benzene rings is 1. The summed E-state index contributed by atoms with van der Waals surface area (Å²) < 4.78 is 18.7. The van der Waals surface area contributed by atoms with Gasteiger partial charge in [0, 0.05) is 0 Å². The summed E-state index contributed by atoms with van der Waals surface area (Å²) >= 11 is 0. The van der Waals surface area contributed by atoms with Gasteiger partial charge in [-0.1, -0.05) is 26.0 Å². The van der Waals surface area contributed by atoms with E-state index in [1.807, 2.05) is 0 Å². The van der Waals surface area contributed by atoms with Gasteiger partial charge in [0.25, 0.3) is 0 Å². The van der Waals surface area contributed by atoms with Crippen molar-refractivity contribution in [2.45, 2.75) is 51.7 Å². The molecule has 2 N–H and O–H groups in total. The molecule has 3 heteroatoms. The third kappa shape index (κ3) is 4.29. The number of ether oxygens (including phenoxy) is 1. The number of nitrogens with two attached hydrogens (primary N) is 1. The Labute approximate surface area is 115 Å². The Morgan fingerprint density at radius 2 is 1.84 bits per heavy atom. The van der Waals surface area contributed by atoms with Crippen LogP contribution in [0.15, 0.2) is 24.3 Å².